The molecule has 5 heterocycles. The first-order valence-electron chi connectivity index (χ1n) is 26.3. The second-order valence-electron chi connectivity index (χ2n) is 20.0. The quantitative estimate of drug-likeness (QED) is 0.160. The van der Waals surface area contributed by atoms with Crippen LogP contribution in [0.15, 0.2) is 261 Å². The predicted octanol–water partition coefficient (Wildman–Crippen LogP) is 17.7. The highest BCUT2D eigenvalue weighted by molar-refractivity contribution is 6.14. The monoisotopic (exact) mass is 993 g/mol. The standard InChI is InChI=1S/C71H43N7/c72-44-47-39-70(78-66-34-18-12-28-55(66)57-41-49(36-38-68(57)78)76-63-31-15-9-25-52(63)53-26-10-16-32-64(53)76)58(60-43-59(45-19-3-1-4-20-45)73-71(74-60)46-21-5-2-6-22-46)42-69(47)77-65-33-17-11-27-54(65)56-40-48(35-37-67(56)77)75-61-29-13-7-23-50(61)51-24-8-14-30-62(51)75/h1-43H. The van der Waals surface area contributed by atoms with Crippen LogP contribution >= 0.6 is 0 Å². The molecule has 362 valence electrons. The zero-order chi connectivity index (χ0) is 51.4. The van der Waals surface area contributed by atoms with E-state index in [-0.39, 0.29) is 0 Å². The fourth-order valence-corrected chi connectivity index (χ4v) is 12.4. The molecule has 7 nitrogen and oxygen atoms in total. The van der Waals surface area contributed by atoms with E-state index in [0.29, 0.717) is 11.4 Å². The Balaban J connectivity index is 0.984. The van der Waals surface area contributed by atoms with E-state index < -0.39 is 0 Å². The Morgan fingerprint density at radius 2 is 0.641 bits per heavy atom. The summed E-state index contributed by atoms with van der Waals surface area (Å²) in [6.45, 7) is 0. The van der Waals surface area contributed by atoms with Gasteiger partial charge in [-0.2, -0.15) is 5.26 Å². The van der Waals surface area contributed by atoms with E-state index in [0.717, 1.165) is 117 Å². The third kappa shape index (κ3) is 6.51. The minimum Gasteiger partial charge on any atom is -0.309 e. The fourth-order valence-electron chi connectivity index (χ4n) is 12.4. The van der Waals surface area contributed by atoms with Crippen LogP contribution in [0.25, 0.3) is 144 Å². The summed E-state index contributed by atoms with van der Waals surface area (Å²) < 4.78 is 9.34. The largest absolute Gasteiger partial charge is 0.309 e. The van der Waals surface area contributed by atoms with E-state index in [4.69, 9.17) is 9.97 Å². The number of para-hydroxylation sites is 6. The molecule has 0 bridgehead atoms. The highest BCUT2D eigenvalue weighted by Crippen LogP contribution is 2.44. The highest BCUT2D eigenvalue weighted by atomic mass is 15.0. The second kappa shape index (κ2) is 17.1. The molecule has 0 saturated heterocycles. The van der Waals surface area contributed by atoms with Gasteiger partial charge in [0.1, 0.15) is 6.07 Å². The lowest BCUT2D eigenvalue weighted by Crippen LogP contribution is -2.05. The van der Waals surface area contributed by atoms with Crippen molar-refractivity contribution in [3.63, 3.8) is 0 Å². The molecule has 0 aliphatic heterocycles. The van der Waals surface area contributed by atoms with E-state index in [1.165, 1.54) is 21.5 Å². The Labute approximate surface area is 447 Å². The maximum absolute atomic E-state index is 11.6. The van der Waals surface area contributed by atoms with Crippen molar-refractivity contribution in [3.05, 3.63) is 266 Å². The van der Waals surface area contributed by atoms with Crippen molar-refractivity contribution in [2.24, 2.45) is 0 Å². The Morgan fingerprint density at radius 1 is 0.282 bits per heavy atom. The van der Waals surface area contributed by atoms with Gasteiger partial charge in [0, 0.05) is 71.2 Å². The molecule has 0 fully saturated rings. The van der Waals surface area contributed by atoms with Gasteiger partial charge < -0.3 is 18.3 Å². The topological polar surface area (TPSA) is 69.3 Å². The lowest BCUT2D eigenvalue weighted by molar-refractivity contribution is 1.12. The van der Waals surface area contributed by atoms with E-state index >= 15 is 0 Å². The molecule has 0 radical (unpaired) electrons. The minimum absolute atomic E-state index is 0.524. The Hall–Kier alpha value is -10.8. The molecule has 0 unspecified atom stereocenters. The molecule has 7 heteroatoms. The second-order valence-corrected chi connectivity index (χ2v) is 20.0. The van der Waals surface area contributed by atoms with Crippen LogP contribution in [-0.2, 0) is 0 Å². The van der Waals surface area contributed by atoms with Crippen LogP contribution < -0.4 is 0 Å². The van der Waals surface area contributed by atoms with Crippen molar-refractivity contribution in [2.45, 2.75) is 0 Å². The number of hydrogen-bond acceptors (Lipinski definition) is 3. The molecule has 78 heavy (non-hydrogen) atoms. The maximum atomic E-state index is 11.6. The van der Waals surface area contributed by atoms with Crippen molar-refractivity contribution in [1.29, 1.82) is 5.26 Å². The molecule has 0 aliphatic carbocycles. The molecule has 0 N–H and O–H groups in total. The predicted molar refractivity (Wildman–Crippen MR) is 320 cm³/mol. The van der Waals surface area contributed by atoms with E-state index in [2.05, 4.69) is 249 Å². The van der Waals surface area contributed by atoms with Gasteiger partial charge in [-0.15, -0.1) is 0 Å². The van der Waals surface area contributed by atoms with Crippen LogP contribution in [-0.4, -0.2) is 28.2 Å². The number of benzene rings is 11. The lowest BCUT2D eigenvalue weighted by atomic mass is 10.0. The van der Waals surface area contributed by atoms with Crippen LogP contribution in [0.2, 0.25) is 0 Å². The van der Waals surface area contributed by atoms with Crippen molar-refractivity contribution in [2.75, 3.05) is 0 Å². The Bertz CT molecular complexity index is 5000. The summed E-state index contributed by atoms with van der Waals surface area (Å²) in [7, 11) is 0. The molecule has 0 aliphatic rings. The van der Waals surface area contributed by atoms with Gasteiger partial charge in [-0.05, 0) is 91.0 Å². The van der Waals surface area contributed by atoms with Crippen LogP contribution in [0, 0.1) is 11.3 Å². The van der Waals surface area contributed by atoms with Gasteiger partial charge in [-0.1, -0.05) is 170 Å². The van der Waals surface area contributed by atoms with Crippen LogP contribution in [0.5, 0.6) is 0 Å². The summed E-state index contributed by atoms with van der Waals surface area (Å²) in [4.78, 5) is 10.7. The smallest absolute Gasteiger partial charge is 0.160 e. The summed E-state index contributed by atoms with van der Waals surface area (Å²) >= 11 is 0. The average molecular weight is 994 g/mol. The number of hydrogen-bond donors (Lipinski definition) is 0. The number of fused-ring (bicyclic) bond motifs is 12. The first-order valence-corrected chi connectivity index (χ1v) is 26.3. The molecular formula is C71H43N7. The molecule has 0 saturated carbocycles. The van der Waals surface area contributed by atoms with Crippen molar-refractivity contribution >= 4 is 87.2 Å². The lowest BCUT2D eigenvalue weighted by Gasteiger charge is -2.19. The third-order valence-electron chi connectivity index (χ3n) is 15.8. The van der Waals surface area contributed by atoms with Crippen molar-refractivity contribution < 1.29 is 0 Å². The Morgan fingerprint density at radius 3 is 1.09 bits per heavy atom. The summed E-state index contributed by atoms with van der Waals surface area (Å²) in [5.74, 6) is 0.608. The van der Waals surface area contributed by atoms with Gasteiger partial charge in [0.2, 0.25) is 0 Å². The molecule has 11 aromatic carbocycles. The zero-order valence-corrected chi connectivity index (χ0v) is 42.0. The number of nitrogens with zero attached hydrogens (tertiary/aromatic N) is 7. The summed E-state index contributed by atoms with van der Waals surface area (Å²) in [5, 5.41) is 20.9. The summed E-state index contributed by atoms with van der Waals surface area (Å²) in [5.41, 5.74) is 17.1. The summed E-state index contributed by atoms with van der Waals surface area (Å²) in [6, 6.07) is 94.8. The van der Waals surface area contributed by atoms with Crippen LogP contribution in [0.1, 0.15) is 5.56 Å². The highest BCUT2D eigenvalue weighted by Gasteiger charge is 2.25. The molecule has 5 aromatic heterocycles. The Kier molecular flexibility index (Phi) is 9.56. The number of rotatable bonds is 7. The molecular weight excluding hydrogens is 951 g/mol. The normalized spacial score (nSPS) is 11.8. The molecule has 16 rings (SSSR count). The van der Waals surface area contributed by atoms with Crippen molar-refractivity contribution in [1.82, 2.24) is 28.2 Å². The molecule has 16 aromatic rings. The van der Waals surface area contributed by atoms with Gasteiger partial charge in [-0.3, -0.25) is 0 Å². The minimum atomic E-state index is 0.524. The average Bonchev–Trinajstić information content (AvgIpc) is 4.31. The fraction of sp³-hybridized carbons (Fsp3) is 0. The summed E-state index contributed by atoms with van der Waals surface area (Å²) in [6.07, 6.45) is 0. The van der Waals surface area contributed by atoms with E-state index in [1.807, 2.05) is 36.4 Å². The molecule has 0 amide bonds. The van der Waals surface area contributed by atoms with E-state index in [1.54, 1.807) is 0 Å². The van der Waals surface area contributed by atoms with Crippen LogP contribution in [0.4, 0.5) is 0 Å². The van der Waals surface area contributed by atoms with Gasteiger partial charge >= 0.3 is 0 Å². The van der Waals surface area contributed by atoms with Crippen molar-refractivity contribution in [3.8, 4) is 62.7 Å². The number of aromatic nitrogens is 6. The van der Waals surface area contributed by atoms with Gasteiger partial charge in [0.15, 0.2) is 5.82 Å². The van der Waals surface area contributed by atoms with E-state index in [9.17, 15) is 5.26 Å². The molecule has 0 atom stereocenters. The van der Waals surface area contributed by atoms with Gasteiger partial charge in [-0.25, -0.2) is 9.97 Å². The third-order valence-corrected chi connectivity index (χ3v) is 15.8. The SMILES string of the molecule is N#Cc1cc(-n2c3ccccc3c3cc(-n4c5ccccc5c5ccccc54)ccc32)c(-c2cc(-c3ccccc3)nc(-c3ccccc3)n2)cc1-n1c2ccccc2c2cc(-n3c4ccccc4c4ccccc43)ccc21. The van der Waals surface area contributed by atoms with Crippen LogP contribution in [0.3, 0.4) is 0 Å². The maximum Gasteiger partial charge on any atom is 0.160 e. The first kappa shape index (κ1) is 43.6. The van der Waals surface area contributed by atoms with Gasteiger partial charge in [0.05, 0.1) is 72.5 Å². The van der Waals surface area contributed by atoms with Gasteiger partial charge in [0.25, 0.3) is 0 Å². The zero-order valence-electron chi connectivity index (χ0n) is 42.0. The molecule has 0 spiro atoms. The number of nitriles is 1. The first-order chi connectivity index (χ1) is 38.7.